The lowest BCUT2D eigenvalue weighted by molar-refractivity contribution is -0.277. The average Bonchev–Trinajstić information content (AvgIpc) is 2.82. The second-order valence-electron chi connectivity index (χ2n) is 8.71. The average molecular weight is 482 g/mol. The molecule has 0 unspecified atom stereocenters. The summed E-state index contributed by atoms with van der Waals surface area (Å²) in [6.45, 7) is 0.974. The zero-order valence-corrected chi connectivity index (χ0v) is 18.4. The second-order valence-corrected chi connectivity index (χ2v) is 8.71. The Bertz CT molecular complexity index is 1380. The molecule has 5 rings (SSSR count). The summed E-state index contributed by atoms with van der Waals surface area (Å²) < 4.78 is 11.3. The van der Waals surface area contributed by atoms with Crippen molar-refractivity contribution in [2.45, 2.75) is 37.6 Å². The van der Waals surface area contributed by atoms with Crippen molar-refractivity contribution < 1.29 is 49.7 Å². The van der Waals surface area contributed by atoms with Crippen LogP contribution in [0.1, 0.15) is 37.4 Å². The number of hydrogen-bond acceptors (Lipinski definition) is 10. The summed E-state index contributed by atoms with van der Waals surface area (Å²) in [5.41, 5.74) is 0.138. The van der Waals surface area contributed by atoms with E-state index in [0.717, 1.165) is 0 Å². The molecule has 182 valence electrons. The number of ketones is 2. The number of benzene rings is 3. The number of fused-ring (bicyclic) bond motifs is 3. The predicted molar refractivity (Wildman–Crippen MR) is 120 cm³/mol. The highest BCUT2D eigenvalue weighted by atomic mass is 16.7. The van der Waals surface area contributed by atoms with Crippen LogP contribution in [-0.4, -0.2) is 79.5 Å². The summed E-state index contributed by atoms with van der Waals surface area (Å²) in [6.07, 6.45) is -8.08. The first-order valence-electron chi connectivity index (χ1n) is 10.8. The Kier molecular flexibility index (Phi) is 5.50. The monoisotopic (exact) mass is 482 g/mol. The van der Waals surface area contributed by atoms with Crippen molar-refractivity contribution in [1.29, 1.82) is 0 Å². The van der Waals surface area contributed by atoms with Crippen molar-refractivity contribution in [3.8, 4) is 17.2 Å². The number of aryl methyl sites for hydroxylation is 1. The molecule has 35 heavy (non-hydrogen) atoms. The summed E-state index contributed by atoms with van der Waals surface area (Å²) >= 11 is 0. The fourth-order valence-electron chi connectivity index (χ4n) is 4.61. The van der Waals surface area contributed by atoms with Crippen LogP contribution in [0.3, 0.4) is 0 Å². The fraction of sp³-hybridized carbons (Fsp3) is 0.280. The molecule has 1 heterocycles. The van der Waals surface area contributed by atoms with E-state index < -0.39 is 54.6 Å². The van der Waals surface area contributed by atoms with E-state index >= 15 is 0 Å². The van der Waals surface area contributed by atoms with Gasteiger partial charge in [0, 0.05) is 16.5 Å². The summed E-state index contributed by atoms with van der Waals surface area (Å²) in [7, 11) is 0. The molecule has 0 saturated carbocycles. The molecule has 6 N–H and O–H groups in total. The minimum atomic E-state index is -1.78. The molecule has 2 aliphatic rings. The van der Waals surface area contributed by atoms with Gasteiger partial charge in [0.2, 0.25) is 12.1 Å². The van der Waals surface area contributed by atoms with Gasteiger partial charge in [-0.15, -0.1) is 0 Å². The molecule has 5 atom stereocenters. The first-order valence-corrected chi connectivity index (χ1v) is 10.8. The van der Waals surface area contributed by atoms with Gasteiger partial charge in [-0.3, -0.25) is 9.59 Å². The first kappa shape index (κ1) is 23.2. The van der Waals surface area contributed by atoms with Crippen molar-refractivity contribution in [1.82, 2.24) is 0 Å². The highest BCUT2D eigenvalue weighted by Gasteiger charge is 2.46. The summed E-state index contributed by atoms with van der Waals surface area (Å²) in [4.78, 5) is 27.0. The number of rotatable bonds is 3. The summed E-state index contributed by atoms with van der Waals surface area (Å²) in [5, 5.41) is 61.4. The van der Waals surface area contributed by atoms with E-state index in [1.54, 1.807) is 6.92 Å². The maximum Gasteiger partial charge on any atom is 0.229 e. The molecular formula is C25H22O10. The molecule has 1 aliphatic carbocycles. The van der Waals surface area contributed by atoms with E-state index in [-0.39, 0.29) is 39.1 Å². The molecule has 0 bridgehead atoms. The third-order valence-electron chi connectivity index (χ3n) is 6.37. The second kappa shape index (κ2) is 8.29. The zero-order chi connectivity index (χ0) is 25.2. The van der Waals surface area contributed by atoms with Crippen LogP contribution in [0.15, 0.2) is 36.4 Å². The van der Waals surface area contributed by atoms with Crippen molar-refractivity contribution in [3.05, 3.63) is 64.2 Å². The van der Waals surface area contributed by atoms with Crippen LogP contribution in [0.2, 0.25) is 0 Å². The van der Waals surface area contributed by atoms with E-state index in [0.29, 0.717) is 10.9 Å². The Hall–Kier alpha value is -3.54. The van der Waals surface area contributed by atoms with E-state index in [2.05, 4.69) is 0 Å². The van der Waals surface area contributed by atoms with Gasteiger partial charge < -0.3 is 40.1 Å². The lowest BCUT2D eigenvalue weighted by Crippen LogP contribution is -2.60. The number of phenols is 2. The van der Waals surface area contributed by atoms with Crippen LogP contribution < -0.4 is 4.74 Å². The highest BCUT2D eigenvalue weighted by molar-refractivity contribution is 6.32. The standard InChI is InChI=1S/C25H22O10/c1-9-4-13-17(15(28)5-9)21(31)18-14(19(13)29)6-10-2-3-11(27)7-12(10)24(18)35-25-23(33)22(32)20(30)16(8-26)34-25/h2-7,16,20,22-23,25-28,30,32-33H,8H2,1H3/t16-,20-,22+,23-,25-/m1/s1. The van der Waals surface area contributed by atoms with Crippen LogP contribution in [-0.2, 0) is 4.74 Å². The Morgan fingerprint density at radius 3 is 2.31 bits per heavy atom. The SMILES string of the molecule is Cc1cc(O)c2c(c1)C(=O)c1cc3ccc(O)cc3c(O[C@H]3O[C@H](CO)[C@@H](O)[C@H](O)[C@H]3O)c1C2=O. The normalized spacial score (nSPS) is 25.9. The molecule has 1 saturated heterocycles. The first-order chi connectivity index (χ1) is 16.6. The molecule has 0 amide bonds. The molecule has 3 aromatic carbocycles. The van der Waals surface area contributed by atoms with Gasteiger partial charge in [0.25, 0.3) is 0 Å². The largest absolute Gasteiger partial charge is 0.508 e. The number of phenolic OH excluding ortho intramolecular Hbond substituents is 2. The lowest BCUT2D eigenvalue weighted by atomic mass is 9.81. The summed E-state index contributed by atoms with van der Waals surface area (Å²) in [6, 6.07) is 8.49. The van der Waals surface area contributed by atoms with E-state index in [9.17, 15) is 40.2 Å². The van der Waals surface area contributed by atoms with Gasteiger partial charge in [-0.1, -0.05) is 6.07 Å². The Balaban J connectivity index is 1.73. The van der Waals surface area contributed by atoms with Crippen molar-refractivity contribution in [2.75, 3.05) is 6.61 Å². The summed E-state index contributed by atoms with van der Waals surface area (Å²) in [5.74, 6) is -2.07. The van der Waals surface area contributed by atoms with Gasteiger partial charge in [-0.25, -0.2) is 0 Å². The third-order valence-corrected chi connectivity index (χ3v) is 6.37. The van der Waals surface area contributed by atoms with Crippen LogP contribution >= 0.6 is 0 Å². The van der Waals surface area contributed by atoms with Gasteiger partial charge in [-0.05, 0) is 48.2 Å². The molecule has 10 nitrogen and oxygen atoms in total. The Morgan fingerprint density at radius 2 is 1.60 bits per heavy atom. The number of hydrogen-bond donors (Lipinski definition) is 6. The number of ether oxygens (including phenoxy) is 2. The predicted octanol–water partition coefficient (Wildman–Crippen LogP) is 0.514. The van der Waals surface area contributed by atoms with Gasteiger partial charge in [-0.2, -0.15) is 0 Å². The quantitative estimate of drug-likeness (QED) is 0.241. The van der Waals surface area contributed by atoms with E-state index in [1.165, 1.54) is 36.4 Å². The molecule has 1 fully saturated rings. The van der Waals surface area contributed by atoms with E-state index in [1.807, 2.05) is 0 Å². The fourth-order valence-corrected chi connectivity index (χ4v) is 4.61. The molecule has 10 heteroatoms. The molecule has 0 aromatic heterocycles. The van der Waals surface area contributed by atoms with Crippen LogP contribution in [0.4, 0.5) is 0 Å². The number of aliphatic hydroxyl groups excluding tert-OH is 4. The van der Waals surface area contributed by atoms with Gasteiger partial charge in [0.15, 0.2) is 5.78 Å². The highest BCUT2D eigenvalue weighted by Crippen LogP contribution is 2.43. The molecule has 1 aliphatic heterocycles. The van der Waals surface area contributed by atoms with Crippen LogP contribution in [0.5, 0.6) is 17.2 Å². The number of carbonyl (C=O) groups is 2. The molecule has 0 spiro atoms. The third kappa shape index (κ3) is 3.54. The van der Waals surface area contributed by atoms with Crippen molar-refractivity contribution in [2.24, 2.45) is 0 Å². The smallest absolute Gasteiger partial charge is 0.229 e. The number of carbonyl (C=O) groups excluding carboxylic acids is 2. The minimum absolute atomic E-state index is 0.0229. The lowest BCUT2D eigenvalue weighted by Gasteiger charge is -2.40. The zero-order valence-electron chi connectivity index (χ0n) is 18.4. The van der Waals surface area contributed by atoms with E-state index in [4.69, 9.17) is 9.47 Å². The van der Waals surface area contributed by atoms with Crippen molar-refractivity contribution >= 4 is 22.3 Å². The Labute approximate surface area is 198 Å². The Morgan fingerprint density at radius 1 is 0.886 bits per heavy atom. The topological polar surface area (TPSA) is 174 Å². The van der Waals surface area contributed by atoms with Crippen LogP contribution in [0, 0.1) is 6.92 Å². The molecule has 0 radical (unpaired) electrons. The number of aromatic hydroxyl groups is 2. The van der Waals surface area contributed by atoms with Crippen molar-refractivity contribution in [3.63, 3.8) is 0 Å². The van der Waals surface area contributed by atoms with Gasteiger partial charge in [0.05, 0.1) is 17.7 Å². The molecular weight excluding hydrogens is 460 g/mol. The number of aliphatic hydroxyl groups is 4. The van der Waals surface area contributed by atoms with Gasteiger partial charge >= 0.3 is 0 Å². The minimum Gasteiger partial charge on any atom is -0.508 e. The van der Waals surface area contributed by atoms with Crippen LogP contribution in [0.25, 0.3) is 10.8 Å². The maximum atomic E-state index is 13.6. The molecule has 3 aromatic rings. The maximum absolute atomic E-state index is 13.6. The van der Waals surface area contributed by atoms with Gasteiger partial charge in [0.1, 0.15) is 41.7 Å².